The number of hydrogen-bond donors (Lipinski definition) is 3. The van der Waals surface area contributed by atoms with E-state index in [0.717, 1.165) is 65.1 Å². The molecule has 9 heteroatoms. The van der Waals surface area contributed by atoms with Crippen molar-refractivity contribution in [3.63, 3.8) is 0 Å². The van der Waals surface area contributed by atoms with Crippen LogP contribution in [0.25, 0.3) is 22.6 Å². The van der Waals surface area contributed by atoms with Crippen LogP contribution in [0.2, 0.25) is 0 Å². The first-order chi connectivity index (χ1) is 15.5. The Morgan fingerprint density at radius 3 is 2.81 bits per heavy atom. The van der Waals surface area contributed by atoms with Crippen LogP contribution in [0.15, 0.2) is 28.9 Å². The molecule has 1 saturated heterocycles. The predicted molar refractivity (Wildman–Crippen MR) is 130 cm³/mol. The first-order valence-electron chi connectivity index (χ1n) is 11.0. The molecule has 1 fully saturated rings. The molecule has 0 aliphatic carbocycles. The number of ether oxygens (including phenoxy) is 1. The number of halogens is 1. The molecule has 8 nitrogen and oxygen atoms in total. The molecule has 1 aromatic carbocycles. The number of rotatable bonds is 7. The molecule has 3 aromatic rings. The highest BCUT2D eigenvalue weighted by Crippen LogP contribution is 2.33. The van der Waals surface area contributed by atoms with Crippen LogP contribution in [0, 0.1) is 6.92 Å². The minimum absolute atomic E-state index is 0.00984. The van der Waals surface area contributed by atoms with Gasteiger partial charge in [0.25, 0.3) is 5.91 Å². The largest absolute Gasteiger partial charge is 0.484 e. The summed E-state index contributed by atoms with van der Waals surface area (Å²) in [5.74, 6) is 1.23. The fourth-order valence-corrected chi connectivity index (χ4v) is 4.43. The van der Waals surface area contributed by atoms with E-state index in [0.29, 0.717) is 17.4 Å². The van der Waals surface area contributed by atoms with Crippen LogP contribution in [-0.2, 0) is 4.79 Å². The number of pyridine rings is 1. The molecule has 0 saturated carbocycles. The van der Waals surface area contributed by atoms with Crippen molar-refractivity contribution in [3.8, 4) is 17.1 Å². The zero-order chi connectivity index (χ0) is 22.7. The maximum atomic E-state index is 11.4. The molecule has 32 heavy (non-hydrogen) atoms. The molecule has 170 valence electrons. The molecular weight excluding hydrogens is 472 g/mol. The van der Waals surface area contributed by atoms with Crippen molar-refractivity contribution < 1.29 is 9.53 Å². The predicted octanol–water partition coefficient (Wildman–Crippen LogP) is 3.72. The van der Waals surface area contributed by atoms with Gasteiger partial charge in [-0.25, -0.2) is 9.97 Å². The van der Waals surface area contributed by atoms with Gasteiger partial charge in [0, 0.05) is 37.9 Å². The summed E-state index contributed by atoms with van der Waals surface area (Å²) in [4.78, 5) is 26.6. The number of carbonyl (C=O) groups excluding carboxylic acids is 1. The SMILES string of the molecule is CCN1CCC(Nc2c(Br)cnc3nc(-c4ccc(OCC(=O)NC)cc4C)[nH]c23)CC1. The monoisotopic (exact) mass is 500 g/mol. The number of aromatic amines is 1. The summed E-state index contributed by atoms with van der Waals surface area (Å²) in [6.45, 7) is 7.53. The zero-order valence-electron chi connectivity index (χ0n) is 18.7. The molecule has 0 bridgehead atoms. The Kier molecular flexibility index (Phi) is 6.95. The standard InChI is InChI=1S/C23H29BrN6O2/c1-4-30-9-7-15(8-10-30)27-20-18(24)12-26-23-21(20)28-22(29-23)17-6-5-16(11-14(17)2)32-13-19(31)25-3/h5-6,11-12,15H,4,7-10,13H2,1-3H3,(H,25,31)(H2,26,27,28,29). The van der Waals surface area contributed by atoms with Crippen molar-refractivity contribution >= 4 is 38.7 Å². The first kappa shape index (κ1) is 22.5. The van der Waals surface area contributed by atoms with E-state index in [-0.39, 0.29) is 12.5 Å². The van der Waals surface area contributed by atoms with E-state index in [9.17, 15) is 4.79 Å². The summed E-state index contributed by atoms with van der Waals surface area (Å²) in [5, 5.41) is 6.26. The number of nitrogens with zero attached hydrogens (tertiary/aromatic N) is 3. The number of fused-ring (bicyclic) bond motifs is 1. The second-order valence-corrected chi connectivity index (χ2v) is 8.91. The topological polar surface area (TPSA) is 95.2 Å². The number of aromatic nitrogens is 3. The van der Waals surface area contributed by atoms with Gasteiger partial charge in [-0.2, -0.15) is 0 Å². The van der Waals surface area contributed by atoms with Crippen molar-refractivity contribution in [2.24, 2.45) is 0 Å². The Bertz CT molecular complexity index is 1110. The second-order valence-electron chi connectivity index (χ2n) is 8.06. The number of anilines is 1. The van der Waals surface area contributed by atoms with Crippen LogP contribution < -0.4 is 15.4 Å². The van der Waals surface area contributed by atoms with Crippen molar-refractivity contribution in [1.29, 1.82) is 0 Å². The van der Waals surface area contributed by atoms with Gasteiger partial charge in [0.15, 0.2) is 12.3 Å². The molecule has 3 heterocycles. The highest BCUT2D eigenvalue weighted by Gasteiger charge is 2.21. The molecule has 1 aliphatic rings. The molecule has 0 spiro atoms. The molecule has 4 rings (SSSR count). The van der Waals surface area contributed by atoms with Crippen LogP contribution in [0.5, 0.6) is 5.75 Å². The van der Waals surface area contributed by atoms with Crippen LogP contribution >= 0.6 is 15.9 Å². The highest BCUT2D eigenvalue weighted by molar-refractivity contribution is 9.10. The molecule has 2 aromatic heterocycles. The highest BCUT2D eigenvalue weighted by atomic mass is 79.9. The van der Waals surface area contributed by atoms with E-state index in [1.807, 2.05) is 25.1 Å². The molecule has 0 atom stereocenters. The van der Waals surface area contributed by atoms with Gasteiger partial charge in [-0.15, -0.1) is 0 Å². The van der Waals surface area contributed by atoms with Gasteiger partial charge in [-0.3, -0.25) is 4.79 Å². The van der Waals surface area contributed by atoms with E-state index in [1.165, 1.54) is 0 Å². The lowest BCUT2D eigenvalue weighted by atomic mass is 10.0. The summed E-state index contributed by atoms with van der Waals surface area (Å²) < 4.78 is 6.47. The summed E-state index contributed by atoms with van der Waals surface area (Å²) in [5.41, 5.74) is 4.54. The number of nitrogens with one attached hydrogen (secondary N) is 3. The number of likely N-dealkylation sites (N-methyl/N-ethyl adjacent to an activating group) is 1. The van der Waals surface area contributed by atoms with Crippen LogP contribution in [-0.4, -0.2) is 65.1 Å². The fraction of sp³-hybridized carbons (Fsp3) is 0.435. The maximum absolute atomic E-state index is 11.4. The van der Waals surface area contributed by atoms with E-state index in [4.69, 9.17) is 9.72 Å². The smallest absolute Gasteiger partial charge is 0.257 e. The number of imidazole rings is 1. The van der Waals surface area contributed by atoms with E-state index in [2.05, 4.69) is 48.4 Å². The third kappa shape index (κ3) is 4.88. The Morgan fingerprint density at radius 2 is 2.12 bits per heavy atom. The summed E-state index contributed by atoms with van der Waals surface area (Å²) in [6.07, 6.45) is 4.03. The van der Waals surface area contributed by atoms with Gasteiger partial charge in [0.2, 0.25) is 0 Å². The number of hydrogen-bond acceptors (Lipinski definition) is 6. The Labute approximate surface area is 196 Å². The molecule has 0 radical (unpaired) electrons. The summed E-state index contributed by atoms with van der Waals surface area (Å²) in [6, 6.07) is 6.14. The van der Waals surface area contributed by atoms with Gasteiger partial charge < -0.3 is 25.3 Å². The Morgan fingerprint density at radius 1 is 1.34 bits per heavy atom. The lowest BCUT2D eigenvalue weighted by Gasteiger charge is -2.32. The summed E-state index contributed by atoms with van der Waals surface area (Å²) in [7, 11) is 1.59. The maximum Gasteiger partial charge on any atom is 0.257 e. The van der Waals surface area contributed by atoms with Crippen molar-refractivity contribution in [2.75, 3.05) is 38.6 Å². The molecule has 1 amide bonds. The van der Waals surface area contributed by atoms with Crippen LogP contribution in [0.1, 0.15) is 25.3 Å². The average molecular weight is 501 g/mol. The van der Waals surface area contributed by atoms with Gasteiger partial charge in [0.1, 0.15) is 17.1 Å². The molecule has 0 unspecified atom stereocenters. The van der Waals surface area contributed by atoms with Gasteiger partial charge >= 0.3 is 0 Å². The normalized spacial score (nSPS) is 15.1. The minimum atomic E-state index is -0.166. The number of piperidine rings is 1. The van der Waals surface area contributed by atoms with Gasteiger partial charge in [0.05, 0.1) is 10.2 Å². The zero-order valence-corrected chi connectivity index (χ0v) is 20.3. The number of likely N-dealkylation sites (tertiary alicyclic amines) is 1. The van der Waals surface area contributed by atoms with Gasteiger partial charge in [-0.05, 0) is 66.0 Å². The number of benzene rings is 1. The summed E-state index contributed by atoms with van der Waals surface area (Å²) >= 11 is 3.66. The number of aryl methyl sites for hydroxylation is 1. The van der Waals surface area contributed by atoms with Crippen LogP contribution in [0.3, 0.4) is 0 Å². The Hall–Kier alpha value is -2.65. The Balaban J connectivity index is 1.57. The lowest BCUT2D eigenvalue weighted by molar-refractivity contribution is -0.122. The first-order valence-corrected chi connectivity index (χ1v) is 11.7. The van der Waals surface area contributed by atoms with Crippen molar-refractivity contribution in [1.82, 2.24) is 25.2 Å². The van der Waals surface area contributed by atoms with Gasteiger partial charge in [-0.1, -0.05) is 6.92 Å². The average Bonchev–Trinajstić information content (AvgIpc) is 3.24. The quantitative estimate of drug-likeness (QED) is 0.457. The third-order valence-electron chi connectivity index (χ3n) is 5.96. The lowest BCUT2D eigenvalue weighted by Crippen LogP contribution is -2.38. The third-order valence-corrected chi connectivity index (χ3v) is 6.56. The van der Waals surface area contributed by atoms with E-state index < -0.39 is 0 Å². The number of carbonyl (C=O) groups is 1. The van der Waals surface area contributed by atoms with Crippen LogP contribution in [0.4, 0.5) is 5.69 Å². The fourth-order valence-electron chi connectivity index (χ4n) is 4.01. The second kappa shape index (κ2) is 9.87. The van der Waals surface area contributed by atoms with Crippen molar-refractivity contribution in [3.05, 3.63) is 34.4 Å². The van der Waals surface area contributed by atoms with E-state index >= 15 is 0 Å². The molecule has 1 aliphatic heterocycles. The number of amides is 1. The van der Waals surface area contributed by atoms with Crippen molar-refractivity contribution in [2.45, 2.75) is 32.7 Å². The molecule has 3 N–H and O–H groups in total. The van der Waals surface area contributed by atoms with E-state index in [1.54, 1.807) is 13.2 Å². The molecular formula is C23H29BrN6O2. The number of H-pyrrole nitrogens is 1. The minimum Gasteiger partial charge on any atom is -0.484 e.